The molecule has 8 nitrogen and oxygen atoms in total. The van der Waals surface area contributed by atoms with E-state index in [1.54, 1.807) is 30.3 Å². The minimum atomic E-state index is -0.731. The largest absolute Gasteiger partial charge is 0.454 e. The van der Waals surface area contributed by atoms with Crippen LogP contribution >= 0.6 is 0 Å². The van der Waals surface area contributed by atoms with Crippen LogP contribution in [0.15, 0.2) is 30.3 Å². The Morgan fingerprint density at radius 1 is 1.16 bits per heavy atom. The number of likely N-dealkylation sites (tertiary alicyclic amines) is 1. The number of piperidine rings is 1. The second kappa shape index (κ2) is 8.81. The first-order valence-corrected chi connectivity index (χ1v) is 8.06. The van der Waals surface area contributed by atoms with E-state index < -0.39 is 36.3 Å². The van der Waals surface area contributed by atoms with Gasteiger partial charge in [0.1, 0.15) is 12.6 Å². The van der Waals surface area contributed by atoms with Crippen molar-refractivity contribution in [1.29, 1.82) is 0 Å². The fraction of sp³-hybridized carbons (Fsp3) is 0.412. The lowest BCUT2D eigenvalue weighted by Crippen LogP contribution is -2.51. The highest BCUT2D eigenvalue weighted by Crippen LogP contribution is 2.16. The third kappa shape index (κ3) is 5.30. The molecule has 1 saturated heterocycles. The second-order valence-corrected chi connectivity index (χ2v) is 5.71. The van der Waals surface area contributed by atoms with Gasteiger partial charge in [0, 0.05) is 12.1 Å². The SMILES string of the molecule is NC(=O)[C@H]1CCCCN1C(=O)COC(=O)CNC(=O)c1ccccc1. The third-order valence-corrected chi connectivity index (χ3v) is 3.94. The van der Waals surface area contributed by atoms with E-state index in [4.69, 9.17) is 10.5 Å². The maximum absolute atomic E-state index is 12.1. The first-order chi connectivity index (χ1) is 12.0. The zero-order chi connectivity index (χ0) is 18.2. The molecule has 1 fully saturated rings. The van der Waals surface area contributed by atoms with Gasteiger partial charge in [-0.05, 0) is 31.4 Å². The highest BCUT2D eigenvalue weighted by Gasteiger charge is 2.30. The van der Waals surface area contributed by atoms with Crippen LogP contribution in [0.5, 0.6) is 0 Å². The zero-order valence-electron chi connectivity index (χ0n) is 13.8. The lowest BCUT2D eigenvalue weighted by atomic mass is 10.0. The van der Waals surface area contributed by atoms with Crippen molar-refractivity contribution in [3.8, 4) is 0 Å². The molecule has 0 bridgehead atoms. The number of amides is 3. The summed E-state index contributed by atoms with van der Waals surface area (Å²) in [5.41, 5.74) is 5.72. The monoisotopic (exact) mass is 347 g/mol. The Balaban J connectivity index is 1.76. The van der Waals surface area contributed by atoms with E-state index in [1.165, 1.54) is 4.90 Å². The molecule has 25 heavy (non-hydrogen) atoms. The van der Waals surface area contributed by atoms with Gasteiger partial charge in [-0.2, -0.15) is 0 Å². The van der Waals surface area contributed by atoms with Gasteiger partial charge >= 0.3 is 5.97 Å². The molecule has 3 N–H and O–H groups in total. The Labute approximate surface area is 145 Å². The molecule has 0 aromatic heterocycles. The number of hydrogen-bond donors (Lipinski definition) is 2. The van der Waals surface area contributed by atoms with E-state index in [-0.39, 0.29) is 6.54 Å². The molecular weight excluding hydrogens is 326 g/mol. The van der Waals surface area contributed by atoms with E-state index in [0.29, 0.717) is 18.5 Å². The van der Waals surface area contributed by atoms with Gasteiger partial charge in [-0.3, -0.25) is 19.2 Å². The van der Waals surface area contributed by atoms with E-state index in [1.807, 2.05) is 0 Å². The lowest BCUT2D eigenvalue weighted by Gasteiger charge is -2.33. The Morgan fingerprint density at radius 2 is 1.88 bits per heavy atom. The van der Waals surface area contributed by atoms with Crippen molar-refractivity contribution in [3.05, 3.63) is 35.9 Å². The highest BCUT2D eigenvalue weighted by molar-refractivity contribution is 5.96. The number of ether oxygens (including phenoxy) is 1. The number of esters is 1. The minimum Gasteiger partial charge on any atom is -0.454 e. The molecule has 2 rings (SSSR count). The molecule has 8 heteroatoms. The number of primary amides is 1. The van der Waals surface area contributed by atoms with Crippen LogP contribution in [0.2, 0.25) is 0 Å². The molecule has 3 amide bonds. The average Bonchev–Trinajstić information content (AvgIpc) is 2.64. The fourth-order valence-electron chi connectivity index (χ4n) is 2.65. The Kier molecular flexibility index (Phi) is 6.50. The molecule has 0 radical (unpaired) electrons. The maximum atomic E-state index is 12.1. The van der Waals surface area contributed by atoms with Crippen LogP contribution in [0.25, 0.3) is 0 Å². The summed E-state index contributed by atoms with van der Waals surface area (Å²) >= 11 is 0. The van der Waals surface area contributed by atoms with Crippen molar-refractivity contribution in [3.63, 3.8) is 0 Å². The molecule has 1 aliphatic heterocycles. The predicted molar refractivity (Wildman–Crippen MR) is 88.3 cm³/mol. The van der Waals surface area contributed by atoms with Crippen LogP contribution in [-0.2, 0) is 19.1 Å². The van der Waals surface area contributed by atoms with E-state index in [2.05, 4.69) is 5.32 Å². The standard InChI is InChI=1S/C17H21N3O5/c18-16(23)13-8-4-5-9-20(13)14(21)11-25-15(22)10-19-17(24)12-6-2-1-3-7-12/h1-3,6-7,13H,4-5,8-11H2,(H2,18,23)(H,19,24)/t13-/m1/s1. The first-order valence-electron chi connectivity index (χ1n) is 8.06. The van der Waals surface area contributed by atoms with Gasteiger partial charge in [0.25, 0.3) is 11.8 Å². The molecule has 1 aromatic rings. The summed E-state index contributed by atoms with van der Waals surface area (Å²) in [6, 6.07) is 7.77. The zero-order valence-corrected chi connectivity index (χ0v) is 13.8. The van der Waals surface area contributed by atoms with Crippen LogP contribution < -0.4 is 11.1 Å². The molecule has 1 aromatic carbocycles. The van der Waals surface area contributed by atoms with Crippen LogP contribution in [0.4, 0.5) is 0 Å². The van der Waals surface area contributed by atoms with Gasteiger partial charge < -0.3 is 20.7 Å². The van der Waals surface area contributed by atoms with Gasteiger partial charge in [0.05, 0.1) is 0 Å². The fourth-order valence-corrected chi connectivity index (χ4v) is 2.65. The minimum absolute atomic E-state index is 0.347. The normalized spacial score (nSPS) is 16.8. The summed E-state index contributed by atoms with van der Waals surface area (Å²) in [7, 11) is 0. The smallest absolute Gasteiger partial charge is 0.325 e. The van der Waals surface area contributed by atoms with Crippen LogP contribution in [0, 0.1) is 0 Å². The van der Waals surface area contributed by atoms with Gasteiger partial charge in [0.15, 0.2) is 6.61 Å². The van der Waals surface area contributed by atoms with E-state index >= 15 is 0 Å². The number of rotatable bonds is 6. The van der Waals surface area contributed by atoms with Crippen molar-refractivity contribution < 1.29 is 23.9 Å². The van der Waals surface area contributed by atoms with Crippen LogP contribution in [0.3, 0.4) is 0 Å². The molecule has 0 unspecified atom stereocenters. The summed E-state index contributed by atoms with van der Waals surface area (Å²) in [5, 5.41) is 2.42. The molecular formula is C17H21N3O5. The van der Waals surface area contributed by atoms with Crippen molar-refractivity contribution in [2.24, 2.45) is 5.73 Å². The van der Waals surface area contributed by atoms with Crippen LogP contribution in [-0.4, -0.2) is 54.3 Å². The van der Waals surface area contributed by atoms with Gasteiger partial charge in [-0.15, -0.1) is 0 Å². The number of hydrogen-bond acceptors (Lipinski definition) is 5. The third-order valence-electron chi connectivity index (χ3n) is 3.94. The summed E-state index contributed by atoms with van der Waals surface area (Å²) in [4.78, 5) is 48.4. The number of nitrogens with one attached hydrogen (secondary N) is 1. The molecule has 0 aliphatic carbocycles. The summed E-state index contributed by atoms with van der Waals surface area (Å²) in [6.45, 7) is -0.418. The average molecular weight is 347 g/mol. The van der Waals surface area contributed by atoms with Gasteiger partial charge in [-0.1, -0.05) is 18.2 Å². The molecule has 134 valence electrons. The summed E-state index contributed by atoms with van der Waals surface area (Å²) in [5.74, 6) is -2.17. The molecule has 1 heterocycles. The van der Waals surface area contributed by atoms with E-state index in [0.717, 1.165) is 12.8 Å². The lowest BCUT2D eigenvalue weighted by molar-refractivity contribution is -0.154. The summed E-state index contributed by atoms with van der Waals surface area (Å²) < 4.78 is 4.87. The van der Waals surface area contributed by atoms with Gasteiger partial charge in [-0.25, -0.2) is 0 Å². The van der Waals surface area contributed by atoms with Crippen molar-refractivity contribution in [1.82, 2.24) is 10.2 Å². The topological polar surface area (TPSA) is 119 Å². The number of benzene rings is 1. The predicted octanol–water partition coefficient (Wildman–Crippen LogP) is -0.174. The number of nitrogens with zero attached hydrogens (tertiary/aromatic N) is 1. The molecule has 1 atom stereocenters. The first kappa shape index (κ1) is 18.4. The maximum Gasteiger partial charge on any atom is 0.325 e. The number of carbonyl (C=O) groups is 4. The summed E-state index contributed by atoms with van der Waals surface area (Å²) in [6.07, 6.45) is 2.11. The van der Waals surface area contributed by atoms with Crippen molar-refractivity contribution in [2.45, 2.75) is 25.3 Å². The molecule has 0 spiro atoms. The van der Waals surface area contributed by atoms with E-state index in [9.17, 15) is 19.2 Å². The van der Waals surface area contributed by atoms with Crippen molar-refractivity contribution in [2.75, 3.05) is 19.7 Å². The molecule has 0 saturated carbocycles. The highest BCUT2D eigenvalue weighted by atomic mass is 16.5. The quantitative estimate of drug-likeness (QED) is 0.692. The van der Waals surface area contributed by atoms with Gasteiger partial charge in [0.2, 0.25) is 5.91 Å². The van der Waals surface area contributed by atoms with Crippen LogP contribution in [0.1, 0.15) is 29.6 Å². The number of carbonyl (C=O) groups excluding carboxylic acids is 4. The second-order valence-electron chi connectivity index (χ2n) is 5.71. The Bertz CT molecular complexity index is 647. The van der Waals surface area contributed by atoms with Crippen molar-refractivity contribution >= 4 is 23.7 Å². The molecule has 1 aliphatic rings. The Morgan fingerprint density at radius 3 is 2.56 bits per heavy atom. The number of nitrogens with two attached hydrogens (primary N) is 1. The Hall–Kier alpha value is -2.90.